The summed E-state index contributed by atoms with van der Waals surface area (Å²) in [5.41, 5.74) is 0. The van der Waals surface area contributed by atoms with Gasteiger partial charge in [0.2, 0.25) is 0 Å². The molecular weight excluding hydrogens is 220 g/mol. The van der Waals surface area contributed by atoms with Crippen LogP contribution in [-0.2, 0) is 9.53 Å². The van der Waals surface area contributed by atoms with Crippen molar-refractivity contribution in [2.45, 2.75) is 44.4 Å². The van der Waals surface area contributed by atoms with Crippen LogP contribution >= 0.6 is 15.9 Å². The molecule has 0 aromatic carbocycles. The first-order chi connectivity index (χ1) is 5.70. The van der Waals surface area contributed by atoms with Crippen molar-refractivity contribution in [1.29, 1.82) is 0 Å². The molecule has 0 aromatic heterocycles. The Morgan fingerprint density at radius 3 is 2.67 bits per heavy atom. The summed E-state index contributed by atoms with van der Waals surface area (Å²) in [6, 6.07) is 0. The molecule has 12 heavy (non-hydrogen) atoms. The second kappa shape index (κ2) is 7.59. The molecule has 0 bridgehead atoms. The fraction of sp³-hybridized carbons (Fsp3) is 0.889. The van der Waals surface area contributed by atoms with Crippen LogP contribution in [-0.4, -0.2) is 17.4 Å². The van der Waals surface area contributed by atoms with Crippen molar-refractivity contribution in [1.82, 2.24) is 0 Å². The van der Waals surface area contributed by atoms with E-state index in [9.17, 15) is 4.79 Å². The van der Waals surface area contributed by atoms with E-state index in [4.69, 9.17) is 4.74 Å². The van der Waals surface area contributed by atoms with Crippen molar-refractivity contribution in [2.24, 2.45) is 0 Å². The molecule has 0 aliphatic carbocycles. The lowest BCUT2D eigenvalue weighted by molar-refractivity contribution is -0.143. The largest absolute Gasteiger partial charge is 0.466 e. The first kappa shape index (κ1) is 11.9. The molecule has 0 aromatic rings. The normalized spacial score (nSPS) is 12.6. The van der Waals surface area contributed by atoms with E-state index in [0.29, 0.717) is 17.9 Å². The summed E-state index contributed by atoms with van der Waals surface area (Å²) in [4.78, 5) is 11.4. The first-order valence-corrected chi connectivity index (χ1v) is 5.42. The van der Waals surface area contributed by atoms with Crippen LogP contribution in [0.2, 0.25) is 0 Å². The lowest BCUT2D eigenvalue weighted by Crippen LogP contribution is -2.05. The summed E-state index contributed by atoms with van der Waals surface area (Å²) in [6.45, 7) is 4.45. The van der Waals surface area contributed by atoms with Gasteiger partial charge in [-0.25, -0.2) is 0 Å². The molecule has 0 saturated heterocycles. The molecular formula is C9H17BrO2. The second-order valence-electron chi connectivity index (χ2n) is 2.70. The molecule has 3 heteroatoms. The number of esters is 1. The van der Waals surface area contributed by atoms with E-state index in [1.54, 1.807) is 0 Å². The monoisotopic (exact) mass is 236 g/mol. The maximum Gasteiger partial charge on any atom is 0.305 e. The average Bonchev–Trinajstić information content (AvgIpc) is 2.04. The first-order valence-electron chi connectivity index (χ1n) is 4.50. The van der Waals surface area contributed by atoms with Crippen LogP contribution in [0.5, 0.6) is 0 Å². The molecule has 0 aliphatic rings. The number of rotatable bonds is 6. The summed E-state index contributed by atoms with van der Waals surface area (Å²) in [7, 11) is 0. The molecule has 1 unspecified atom stereocenters. The Labute approximate surface area is 82.8 Å². The number of hydrogen-bond donors (Lipinski definition) is 0. The third-order valence-electron chi connectivity index (χ3n) is 1.65. The van der Waals surface area contributed by atoms with Crippen molar-refractivity contribution in [3.05, 3.63) is 0 Å². The highest BCUT2D eigenvalue weighted by Gasteiger charge is 2.04. The molecule has 0 N–H and O–H groups in total. The number of alkyl halides is 1. The topological polar surface area (TPSA) is 26.3 Å². The van der Waals surface area contributed by atoms with Gasteiger partial charge in [-0.2, -0.15) is 0 Å². The van der Waals surface area contributed by atoms with Crippen LogP contribution in [0.4, 0.5) is 0 Å². The number of ether oxygens (including phenoxy) is 1. The minimum absolute atomic E-state index is 0.0756. The third kappa shape index (κ3) is 6.65. The van der Waals surface area contributed by atoms with E-state index in [1.165, 1.54) is 0 Å². The summed E-state index contributed by atoms with van der Waals surface area (Å²) >= 11 is 3.51. The van der Waals surface area contributed by atoms with Crippen LogP contribution < -0.4 is 0 Å². The van der Waals surface area contributed by atoms with Gasteiger partial charge in [-0.3, -0.25) is 4.79 Å². The highest BCUT2D eigenvalue weighted by atomic mass is 79.9. The van der Waals surface area contributed by atoms with Crippen molar-refractivity contribution in [3.8, 4) is 0 Å². The number of hydrogen-bond acceptors (Lipinski definition) is 2. The molecule has 0 aliphatic heterocycles. The fourth-order valence-electron chi connectivity index (χ4n) is 0.905. The van der Waals surface area contributed by atoms with Gasteiger partial charge in [-0.05, 0) is 26.2 Å². The van der Waals surface area contributed by atoms with Gasteiger partial charge in [-0.1, -0.05) is 22.9 Å². The SMILES string of the molecule is CCOC(=O)CCCC(Br)CC. The quantitative estimate of drug-likeness (QED) is 0.524. The predicted octanol–water partition coefficient (Wildman–Crippen LogP) is 2.89. The van der Waals surface area contributed by atoms with Gasteiger partial charge in [0.05, 0.1) is 6.61 Å². The molecule has 0 fully saturated rings. The van der Waals surface area contributed by atoms with Gasteiger partial charge < -0.3 is 4.74 Å². The molecule has 2 nitrogen and oxygen atoms in total. The lowest BCUT2D eigenvalue weighted by atomic mass is 10.1. The zero-order valence-corrected chi connectivity index (χ0v) is 9.39. The van der Waals surface area contributed by atoms with Crippen LogP contribution in [0, 0.1) is 0 Å². The Kier molecular flexibility index (Phi) is 7.56. The van der Waals surface area contributed by atoms with Crippen molar-refractivity contribution in [2.75, 3.05) is 6.61 Å². The fourth-order valence-corrected chi connectivity index (χ4v) is 1.23. The summed E-state index contributed by atoms with van der Waals surface area (Å²) in [5.74, 6) is -0.0756. The Morgan fingerprint density at radius 1 is 1.50 bits per heavy atom. The van der Waals surface area contributed by atoms with E-state index in [2.05, 4.69) is 22.9 Å². The molecule has 1 atom stereocenters. The van der Waals surface area contributed by atoms with Gasteiger partial charge in [0, 0.05) is 11.2 Å². The number of halogens is 1. The maximum atomic E-state index is 10.9. The van der Waals surface area contributed by atoms with Crippen LogP contribution in [0.15, 0.2) is 0 Å². The minimum Gasteiger partial charge on any atom is -0.466 e. The van der Waals surface area contributed by atoms with E-state index in [0.717, 1.165) is 19.3 Å². The second-order valence-corrected chi connectivity index (χ2v) is 4.00. The van der Waals surface area contributed by atoms with Gasteiger partial charge in [0.1, 0.15) is 0 Å². The Bertz CT molecular complexity index is 126. The molecule has 0 heterocycles. The number of carbonyl (C=O) groups excluding carboxylic acids is 1. The Hall–Kier alpha value is -0.0500. The molecule has 0 spiro atoms. The molecule has 0 amide bonds. The standard InChI is InChI=1S/C9H17BrO2/c1-3-8(10)6-5-7-9(11)12-4-2/h8H,3-7H2,1-2H3. The Balaban J connectivity index is 3.24. The van der Waals surface area contributed by atoms with Gasteiger partial charge >= 0.3 is 5.97 Å². The summed E-state index contributed by atoms with van der Waals surface area (Å²) in [6.07, 6.45) is 3.64. The van der Waals surface area contributed by atoms with Crippen LogP contribution in [0.1, 0.15) is 39.5 Å². The molecule has 0 rings (SSSR count). The van der Waals surface area contributed by atoms with Gasteiger partial charge in [0.15, 0.2) is 0 Å². The van der Waals surface area contributed by atoms with E-state index >= 15 is 0 Å². The summed E-state index contributed by atoms with van der Waals surface area (Å²) < 4.78 is 4.80. The zero-order valence-electron chi connectivity index (χ0n) is 7.81. The zero-order chi connectivity index (χ0) is 9.40. The van der Waals surface area contributed by atoms with Crippen molar-refractivity contribution in [3.63, 3.8) is 0 Å². The van der Waals surface area contributed by atoms with E-state index in [-0.39, 0.29) is 5.97 Å². The highest BCUT2D eigenvalue weighted by Crippen LogP contribution is 2.13. The van der Waals surface area contributed by atoms with Crippen molar-refractivity contribution >= 4 is 21.9 Å². The molecule has 0 saturated carbocycles. The predicted molar refractivity (Wildman–Crippen MR) is 53.5 cm³/mol. The smallest absolute Gasteiger partial charge is 0.305 e. The average molecular weight is 237 g/mol. The van der Waals surface area contributed by atoms with Crippen LogP contribution in [0.3, 0.4) is 0 Å². The molecule has 72 valence electrons. The van der Waals surface area contributed by atoms with Crippen LogP contribution in [0.25, 0.3) is 0 Å². The summed E-state index contributed by atoms with van der Waals surface area (Å²) in [5, 5.41) is 0. The van der Waals surface area contributed by atoms with E-state index < -0.39 is 0 Å². The Morgan fingerprint density at radius 2 is 2.17 bits per heavy atom. The minimum atomic E-state index is -0.0756. The highest BCUT2D eigenvalue weighted by molar-refractivity contribution is 9.09. The molecule has 0 radical (unpaired) electrons. The number of carbonyl (C=O) groups is 1. The maximum absolute atomic E-state index is 10.9. The lowest BCUT2D eigenvalue weighted by Gasteiger charge is -2.05. The third-order valence-corrected chi connectivity index (χ3v) is 2.75. The van der Waals surface area contributed by atoms with Gasteiger partial charge in [0.25, 0.3) is 0 Å². The van der Waals surface area contributed by atoms with E-state index in [1.807, 2.05) is 6.92 Å². The van der Waals surface area contributed by atoms with Crippen molar-refractivity contribution < 1.29 is 9.53 Å². The van der Waals surface area contributed by atoms with Gasteiger partial charge in [-0.15, -0.1) is 0 Å².